The number of nitrogens with zero attached hydrogens (tertiary/aromatic N) is 1. The molecule has 1 heterocycles. The molecule has 9 heteroatoms. The fourth-order valence-electron chi connectivity index (χ4n) is 3.26. The summed E-state index contributed by atoms with van der Waals surface area (Å²) in [6.07, 6.45) is 3.38. The van der Waals surface area contributed by atoms with Crippen molar-refractivity contribution in [2.24, 2.45) is 0 Å². The second kappa shape index (κ2) is 9.25. The maximum atomic E-state index is 13.5. The van der Waals surface area contributed by atoms with E-state index in [1.165, 1.54) is 31.4 Å². The quantitative estimate of drug-likeness (QED) is 0.428. The number of hydrogen-bond acceptors (Lipinski definition) is 5. The number of sulfonamides is 1. The largest absolute Gasteiger partial charge is 0.495 e. The first kappa shape index (κ1) is 22.2. The van der Waals surface area contributed by atoms with E-state index in [9.17, 15) is 17.6 Å². The molecular formula is C24H20FN3O4S. The van der Waals surface area contributed by atoms with Crippen LogP contribution in [0.5, 0.6) is 5.75 Å². The van der Waals surface area contributed by atoms with Gasteiger partial charge in [-0.2, -0.15) is 0 Å². The van der Waals surface area contributed by atoms with Crippen molar-refractivity contribution in [3.05, 3.63) is 96.1 Å². The number of pyridine rings is 1. The lowest BCUT2D eigenvalue weighted by atomic mass is 10.1. The van der Waals surface area contributed by atoms with Gasteiger partial charge >= 0.3 is 0 Å². The minimum Gasteiger partial charge on any atom is -0.495 e. The first-order chi connectivity index (χ1) is 15.9. The molecule has 0 aliphatic heterocycles. The molecule has 0 unspecified atom stereocenters. The molecule has 7 nitrogen and oxygen atoms in total. The number of nitrogens with one attached hydrogen (secondary N) is 2. The third-order valence-electron chi connectivity index (χ3n) is 5.00. The molecule has 0 fully saturated rings. The van der Waals surface area contributed by atoms with Crippen LogP contribution < -0.4 is 14.8 Å². The zero-order valence-corrected chi connectivity index (χ0v) is 18.4. The molecule has 0 spiro atoms. The van der Waals surface area contributed by atoms with E-state index in [0.29, 0.717) is 11.1 Å². The van der Waals surface area contributed by atoms with Crippen LogP contribution in [0.2, 0.25) is 0 Å². The third kappa shape index (κ3) is 5.09. The predicted octanol–water partition coefficient (Wildman–Crippen LogP) is 4.11. The fraction of sp³-hybridized carbons (Fsp3) is 0.0833. The predicted molar refractivity (Wildman–Crippen MR) is 123 cm³/mol. The number of carbonyl (C=O) groups excluding carboxylic acids is 1. The number of fused-ring (bicyclic) bond motifs is 1. The lowest BCUT2D eigenvalue weighted by Gasteiger charge is -2.12. The highest BCUT2D eigenvalue weighted by Crippen LogP contribution is 2.27. The number of halogens is 1. The van der Waals surface area contributed by atoms with Gasteiger partial charge in [-0.3, -0.25) is 14.5 Å². The van der Waals surface area contributed by atoms with Crippen LogP contribution in [0.15, 0.2) is 84.0 Å². The Labute approximate surface area is 190 Å². The highest BCUT2D eigenvalue weighted by molar-refractivity contribution is 7.92. The summed E-state index contributed by atoms with van der Waals surface area (Å²) >= 11 is 0. The van der Waals surface area contributed by atoms with Gasteiger partial charge in [0, 0.05) is 36.0 Å². The Balaban J connectivity index is 1.43. The van der Waals surface area contributed by atoms with Gasteiger partial charge in [-0.15, -0.1) is 0 Å². The van der Waals surface area contributed by atoms with Gasteiger partial charge in [-0.05, 0) is 53.4 Å². The van der Waals surface area contributed by atoms with Crippen LogP contribution in [0, 0.1) is 5.82 Å². The van der Waals surface area contributed by atoms with Gasteiger partial charge < -0.3 is 10.1 Å². The third-order valence-corrected chi connectivity index (χ3v) is 6.38. The summed E-state index contributed by atoms with van der Waals surface area (Å²) in [6, 6.07) is 16.8. The Hall–Kier alpha value is -3.98. The Morgan fingerprint density at radius 1 is 1.00 bits per heavy atom. The second-order valence-electron chi connectivity index (χ2n) is 7.21. The minimum atomic E-state index is -3.96. The molecular weight excluding hydrogens is 445 g/mol. The molecule has 168 valence electrons. The summed E-state index contributed by atoms with van der Waals surface area (Å²) < 4.78 is 46.3. The monoisotopic (exact) mass is 465 g/mol. The lowest BCUT2D eigenvalue weighted by molar-refractivity contribution is 0.0951. The zero-order valence-electron chi connectivity index (χ0n) is 17.6. The van der Waals surface area contributed by atoms with Crippen LogP contribution in [0.25, 0.3) is 10.8 Å². The smallest absolute Gasteiger partial charge is 0.262 e. The molecule has 2 N–H and O–H groups in total. The summed E-state index contributed by atoms with van der Waals surface area (Å²) in [5.74, 6) is -0.650. The van der Waals surface area contributed by atoms with Gasteiger partial charge in [0.15, 0.2) is 0 Å². The normalized spacial score (nSPS) is 11.2. The molecule has 0 atom stereocenters. The summed E-state index contributed by atoms with van der Waals surface area (Å²) in [5, 5.41) is 4.67. The van der Waals surface area contributed by atoms with Crippen LogP contribution in [-0.2, 0) is 16.6 Å². The zero-order chi connectivity index (χ0) is 23.4. The summed E-state index contributed by atoms with van der Waals surface area (Å²) in [6.45, 7) is 0.218. The standard InChI is InChI=1S/C24H20FN3O4S/c1-32-23-9-6-20(25)13-22(23)28-33(30,31)21-7-2-16(3-8-21)14-27-24(29)18-5-4-17-10-11-26-15-19(17)12-18/h2-13,15,28H,14H2,1H3,(H,27,29). The average molecular weight is 466 g/mol. The topological polar surface area (TPSA) is 97.4 Å². The number of carbonyl (C=O) groups is 1. The second-order valence-corrected chi connectivity index (χ2v) is 8.90. The average Bonchev–Trinajstić information content (AvgIpc) is 2.82. The van der Waals surface area contributed by atoms with Gasteiger partial charge in [-0.25, -0.2) is 12.8 Å². The molecule has 0 aliphatic rings. The Kier molecular flexibility index (Phi) is 6.23. The van der Waals surface area contributed by atoms with Crippen molar-refractivity contribution in [1.82, 2.24) is 10.3 Å². The lowest BCUT2D eigenvalue weighted by Crippen LogP contribution is -2.22. The van der Waals surface area contributed by atoms with E-state index in [1.54, 1.807) is 36.7 Å². The van der Waals surface area contributed by atoms with E-state index in [1.807, 2.05) is 12.1 Å². The van der Waals surface area contributed by atoms with Crippen molar-refractivity contribution in [2.75, 3.05) is 11.8 Å². The number of amides is 1. The molecule has 1 amide bonds. The van der Waals surface area contributed by atoms with Crippen LogP contribution >= 0.6 is 0 Å². The molecule has 0 bridgehead atoms. The highest BCUT2D eigenvalue weighted by Gasteiger charge is 2.17. The first-order valence-electron chi connectivity index (χ1n) is 9.93. The van der Waals surface area contributed by atoms with Crippen molar-refractivity contribution in [3.8, 4) is 5.75 Å². The molecule has 0 aliphatic carbocycles. The Bertz CT molecular complexity index is 1420. The highest BCUT2D eigenvalue weighted by atomic mass is 32.2. The summed E-state index contributed by atoms with van der Waals surface area (Å²) in [4.78, 5) is 16.6. The number of aromatic nitrogens is 1. The van der Waals surface area contributed by atoms with Crippen LogP contribution in [0.3, 0.4) is 0 Å². The number of methoxy groups -OCH3 is 1. The Morgan fingerprint density at radius 3 is 2.55 bits per heavy atom. The molecule has 33 heavy (non-hydrogen) atoms. The molecule has 4 aromatic rings. The van der Waals surface area contributed by atoms with Gasteiger partial charge in [0.05, 0.1) is 17.7 Å². The van der Waals surface area contributed by atoms with Gasteiger partial charge in [0.25, 0.3) is 15.9 Å². The molecule has 0 saturated carbocycles. The van der Waals surface area contributed by atoms with Crippen molar-refractivity contribution in [2.45, 2.75) is 11.4 Å². The molecule has 1 aromatic heterocycles. The van der Waals surface area contributed by atoms with Crippen LogP contribution in [0.1, 0.15) is 15.9 Å². The Morgan fingerprint density at radius 2 is 1.79 bits per heavy atom. The molecule has 3 aromatic carbocycles. The number of rotatable bonds is 7. The van der Waals surface area contributed by atoms with Gasteiger partial charge in [-0.1, -0.05) is 18.2 Å². The van der Waals surface area contributed by atoms with E-state index in [-0.39, 0.29) is 28.8 Å². The maximum absolute atomic E-state index is 13.5. The van der Waals surface area contributed by atoms with Gasteiger partial charge in [0.1, 0.15) is 11.6 Å². The maximum Gasteiger partial charge on any atom is 0.262 e. The molecule has 4 rings (SSSR count). The van der Waals surface area contributed by atoms with E-state index < -0.39 is 15.8 Å². The fourth-order valence-corrected chi connectivity index (χ4v) is 4.32. The molecule has 0 radical (unpaired) electrons. The first-order valence-corrected chi connectivity index (χ1v) is 11.4. The van der Waals surface area contributed by atoms with Crippen LogP contribution in [0.4, 0.5) is 10.1 Å². The SMILES string of the molecule is COc1ccc(F)cc1NS(=O)(=O)c1ccc(CNC(=O)c2ccc3ccncc3c2)cc1. The number of anilines is 1. The van der Waals surface area contributed by atoms with E-state index >= 15 is 0 Å². The van der Waals surface area contributed by atoms with E-state index in [0.717, 1.165) is 16.8 Å². The van der Waals surface area contributed by atoms with Crippen molar-refractivity contribution in [1.29, 1.82) is 0 Å². The van der Waals surface area contributed by atoms with Crippen molar-refractivity contribution < 1.29 is 22.3 Å². The van der Waals surface area contributed by atoms with E-state index in [2.05, 4.69) is 15.0 Å². The van der Waals surface area contributed by atoms with Crippen molar-refractivity contribution in [3.63, 3.8) is 0 Å². The minimum absolute atomic E-state index is 0.000532. The van der Waals surface area contributed by atoms with Crippen molar-refractivity contribution >= 4 is 32.4 Å². The number of benzene rings is 3. The number of ether oxygens (including phenoxy) is 1. The summed E-state index contributed by atoms with van der Waals surface area (Å²) in [5.41, 5.74) is 1.22. The summed E-state index contributed by atoms with van der Waals surface area (Å²) in [7, 11) is -2.60. The van der Waals surface area contributed by atoms with E-state index in [4.69, 9.17) is 4.74 Å². The number of hydrogen-bond donors (Lipinski definition) is 2. The molecule has 0 saturated heterocycles. The van der Waals surface area contributed by atoms with Gasteiger partial charge in [0.2, 0.25) is 0 Å². The van der Waals surface area contributed by atoms with Crippen LogP contribution in [-0.4, -0.2) is 26.4 Å².